The van der Waals surface area contributed by atoms with Crippen LogP contribution in [0.5, 0.6) is 0 Å². The van der Waals surface area contributed by atoms with Gasteiger partial charge in [-0.15, -0.1) is 0 Å². The molecule has 3 heteroatoms. The Bertz CT molecular complexity index is 495. The highest BCUT2D eigenvalue weighted by atomic mass is 35.5. The summed E-state index contributed by atoms with van der Waals surface area (Å²) in [4.78, 5) is 4.41. The van der Waals surface area contributed by atoms with Crippen LogP contribution in [0.4, 0.5) is 0 Å². The lowest BCUT2D eigenvalue weighted by Crippen LogP contribution is -1.85. The summed E-state index contributed by atoms with van der Waals surface area (Å²) in [6, 6.07) is 11.4. The summed E-state index contributed by atoms with van der Waals surface area (Å²) < 4.78 is 0. The summed E-state index contributed by atoms with van der Waals surface area (Å²) in [6.45, 7) is 1.96. The van der Waals surface area contributed by atoms with Gasteiger partial charge in [-0.1, -0.05) is 35.3 Å². The Morgan fingerprint density at radius 3 is 2.47 bits per heavy atom. The van der Waals surface area contributed by atoms with Crippen molar-refractivity contribution >= 4 is 23.2 Å². The van der Waals surface area contributed by atoms with E-state index in [9.17, 15) is 0 Å². The van der Waals surface area contributed by atoms with Crippen LogP contribution in [0.25, 0.3) is 11.3 Å². The van der Waals surface area contributed by atoms with Gasteiger partial charge in [0.1, 0.15) is 0 Å². The van der Waals surface area contributed by atoms with E-state index < -0.39 is 0 Å². The van der Waals surface area contributed by atoms with Gasteiger partial charge < -0.3 is 0 Å². The van der Waals surface area contributed by atoms with Gasteiger partial charge in [-0.05, 0) is 31.2 Å². The fourth-order valence-corrected chi connectivity index (χ4v) is 1.66. The minimum Gasteiger partial charge on any atom is -0.253 e. The van der Waals surface area contributed by atoms with E-state index in [-0.39, 0.29) is 0 Å². The minimum absolute atomic E-state index is 0.553. The first-order valence-electron chi connectivity index (χ1n) is 4.56. The number of aromatic nitrogens is 1. The fourth-order valence-electron chi connectivity index (χ4n) is 1.36. The number of rotatable bonds is 1. The van der Waals surface area contributed by atoms with E-state index in [0.29, 0.717) is 10.0 Å². The third-order valence-corrected chi connectivity index (χ3v) is 2.84. The van der Waals surface area contributed by atoms with E-state index in [1.165, 1.54) is 0 Å². The zero-order valence-corrected chi connectivity index (χ0v) is 9.68. The van der Waals surface area contributed by atoms with Crippen LogP contribution in [0.2, 0.25) is 10.0 Å². The molecular weight excluding hydrogens is 229 g/mol. The molecule has 1 aromatic carbocycles. The summed E-state index contributed by atoms with van der Waals surface area (Å²) in [5, 5.41) is 1.12. The van der Waals surface area contributed by atoms with Gasteiger partial charge in [-0.25, -0.2) is 0 Å². The molecule has 0 aliphatic carbocycles. The van der Waals surface area contributed by atoms with Crippen molar-refractivity contribution in [1.82, 2.24) is 4.98 Å². The van der Waals surface area contributed by atoms with Gasteiger partial charge in [0.25, 0.3) is 0 Å². The van der Waals surface area contributed by atoms with E-state index in [2.05, 4.69) is 4.98 Å². The summed E-state index contributed by atoms with van der Waals surface area (Å²) in [6.07, 6.45) is 0. The Balaban J connectivity index is 2.50. The smallest absolute Gasteiger partial charge is 0.0705 e. The van der Waals surface area contributed by atoms with Crippen molar-refractivity contribution in [2.45, 2.75) is 6.92 Å². The van der Waals surface area contributed by atoms with Crippen LogP contribution in [-0.2, 0) is 0 Å². The number of nitrogens with zero attached hydrogens (tertiary/aromatic N) is 1. The fraction of sp³-hybridized carbons (Fsp3) is 0.0833. The Morgan fingerprint density at radius 2 is 1.80 bits per heavy atom. The molecule has 0 atom stereocenters. The van der Waals surface area contributed by atoms with E-state index in [1.807, 2.05) is 37.3 Å². The normalized spacial score (nSPS) is 10.3. The molecule has 0 aliphatic rings. The molecular formula is C12H9Cl2N. The van der Waals surface area contributed by atoms with Crippen molar-refractivity contribution in [2.24, 2.45) is 0 Å². The average molecular weight is 238 g/mol. The number of pyridine rings is 1. The standard InChI is InChI=1S/C12H9Cl2N/c1-8-3-2-4-12(15-8)9-5-6-10(13)11(14)7-9/h2-7H,1H3. The van der Waals surface area contributed by atoms with Crippen LogP contribution in [0, 0.1) is 6.92 Å². The number of hydrogen-bond acceptors (Lipinski definition) is 1. The van der Waals surface area contributed by atoms with Crippen LogP contribution < -0.4 is 0 Å². The molecule has 0 spiro atoms. The quantitative estimate of drug-likeness (QED) is 0.719. The van der Waals surface area contributed by atoms with Crippen molar-refractivity contribution in [1.29, 1.82) is 0 Å². The number of halogens is 2. The van der Waals surface area contributed by atoms with Crippen LogP contribution in [0.3, 0.4) is 0 Å². The van der Waals surface area contributed by atoms with Crippen molar-refractivity contribution in [2.75, 3.05) is 0 Å². The van der Waals surface area contributed by atoms with Crippen molar-refractivity contribution in [3.05, 3.63) is 52.1 Å². The van der Waals surface area contributed by atoms with Crippen molar-refractivity contribution < 1.29 is 0 Å². The Labute approximate surface area is 98.7 Å². The molecule has 0 N–H and O–H groups in total. The average Bonchev–Trinajstić information content (AvgIpc) is 2.22. The minimum atomic E-state index is 0.553. The lowest BCUT2D eigenvalue weighted by Gasteiger charge is -2.03. The van der Waals surface area contributed by atoms with E-state index in [1.54, 1.807) is 6.07 Å². The zero-order valence-electron chi connectivity index (χ0n) is 8.17. The largest absolute Gasteiger partial charge is 0.253 e. The molecule has 0 saturated heterocycles. The Hall–Kier alpha value is -1.05. The van der Waals surface area contributed by atoms with Gasteiger partial charge in [0, 0.05) is 11.3 Å². The first-order chi connectivity index (χ1) is 7.16. The zero-order chi connectivity index (χ0) is 10.8. The summed E-state index contributed by atoms with van der Waals surface area (Å²) in [5.41, 5.74) is 2.88. The van der Waals surface area contributed by atoms with Gasteiger partial charge >= 0.3 is 0 Å². The molecule has 0 fully saturated rings. The molecule has 76 valence electrons. The highest BCUT2D eigenvalue weighted by molar-refractivity contribution is 6.42. The van der Waals surface area contributed by atoms with Gasteiger partial charge in [0.05, 0.1) is 15.7 Å². The second-order valence-corrected chi connectivity index (χ2v) is 4.11. The van der Waals surface area contributed by atoms with Gasteiger partial charge in [-0.3, -0.25) is 4.98 Å². The second-order valence-electron chi connectivity index (χ2n) is 3.29. The van der Waals surface area contributed by atoms with Crippen LogP contribution in [-0.4, -0.2) is 4.98 Å². The molecule has 0 radical (unpaired) electrons. The van der Waals surface area contributed by atoms with E-state index in [4.69, 9.17) is 23.2 Å². The summed E-state index contributed by atoms with van der Waals surface area (Å²) in [5.74, 6) is 0. The number of benzene rings is 1. The molecule has 0 bridgehead atoms. The van der Waals surface area contributed by atoms with Gasteiger partial charge in [0.2, 0.25) is 0 Å². The summed E-state index contributed by atoms with van der Waals surface area (Å²) >= 11 is 11.8. The van der Waals surface area contributed by atoms with Crippen LogP contribution in [0.1, 0.15) is 5.69 Å². The summed E-state index contributed by atoms with van der Waals surface area (Å²) in [7, 11) is 0. The number of hydrogen-bond donors (Lipinski definition) is 0. The highest BCUT2D eigenvalue weighted by Crippen LogP contribution is 2.27. The molecule has 2 aromatic rings. The maximum Gasteiger partial charge on any atom is 0.0705 e. The molecule has 0 unspecified atom stereocenters. The van der Waals surface area contributed by atoms with E-state index >= 15 is 0 Å². The SMILES string of the molecule is Cc1cccc(-c2ccc(Cl)c(Cl)c2)n1. The molecule has 1 heterocycles. The first kappa shape index (κ1) is 10.5. The highest BCUT2D eigenvalue weighted by Gasteiger charge is 2.02. The van der Waals surface area contributed by atoms with Crippen molar-refractivity contribution in [3.8, 4) is 11.3 Å². The maximum atomic E-state index is 5.94. The molecule has 15 heavy (non-hydrogen) atoms. The molecule has 0 saturated carbocycles. The van der Waals surface area contributed by atoms with Crippen molar-refractivity contribution in [3.63, 3.8) is 0 Å². The lowest BCUT2D eigenvalue weighted by atomic mass is 10.1. The predicted octanol–water partition coefficient (Wildman–Crippen LogP) is 4.36. The molecule has 0 amide bonds. The van der Waals surface area contributed by atoms with Crippen LogP contribution >= 0.6 is 23.2 Å². The lowest BCUT2D eigenvalue weighted by molar-refractivity contribution is 1.21. The Kier molecular flexibility index (Phi) is 2.94. The third kappa shape index (κ3) is 2.31. The third-order valence-electron chi connectivity index (χ3n) is 2.10. The molecule has 1 nitrogen and oxygen atoms in total. The van der Waals surface area contributed by atoms with Gasteiger partial charge in [0.15, 0.2) is 0 Å². The topological polar surface area (TPSA) is 12.9 Å². The second kappa shape index (κ2) is 4.21. The number of aryl methyl sites for hydroxylation is 1. The van der Waals surface area contributed by atoms with E-state index in [0.717, 1.165) is 17.0 Å². The van der Waals surface area contributed by atoms with Gasteiger partial charge in [-0.2, -0.15) is 0 Å². The Morgan fingerprint density at radius 1 is 1.00 bits per heavy atom. The molecule has 1 aromatic heterocycles. The monoisotopic (exact) mass is 237 g/mol. The molecule has 2 rings (SSSR count). The first-order valence-corrected chi connectivity index (χ1v) is 5.31. The predicted molar refractivity (Wildman–Crippen MR) is 64.4 cm³/mol. The molecule has 0 aliphatic heterocycles. The maximum absolute atomic E-state index is 5.94. The van der Waals surface area contributed by atoms with Crippen LogP contribution in [0.15, 0.2) is 36.4 Å².